The second kappa shape index (κ2) is 42.4. The zero-order valence-electron chi connectivity index (χ0n) is 60.0. The lowest BCUT2D eigenvalue weighted by atomic mass is 9.88. The van der Waals surface area contributed by atoms with Crippen molar-refractivity contribution in [2.75, 3.05) is 39.6 Å². The Balaban J connectivity index is 1.13. The number of amides is 3. The molecule has 0 aromatic carbocycles. The molecule has 39 nitrogen and oxygen atoms in total. The van der Waals surface area contributed by atoms with Crippen LogP contribution in [0.2, 0.25) is 0 Å². The number of ether oxygens (including phenoxy) is 10. The number of hydrogen-bond donors (Lipinski definition) is 20. The molecule has 20 N–H and O–H groups in total. The van der Waals surface area contributed by atoms with E-state index in [4.69, 9.17) is 56.4 Å². The summed E-state index contributed by atoms with van der Waals surface area (Å²) in [5.41, 5.74) is 0.913. The fourth-order valence-corrected chi connectivity index (χ4v) is 13.5. The molecule has 5 aliphatic heterocycles. The second-order valence-corrected chi connectivity index (χ2v) is 27.5. The van der Waals surface area contributed by atoms with Crippen molar-refractivity contribution < 1.29 is 162 Å². The molecule has 5 aliphatic rings. The van der Waals surface area contributed by atoms with Gasteiger partial charge in [-0.1, -0.05) is 113 Å². The Morgan fingerprint density at radius 2 is 1.10 bits per heavy atom. The lowest BCUT2D eigenvalue weighted by molar-refractivity contribution is -0.403. The van der Waals surface area contributed by atoms with E-state index in [1.807, 2.05) is 0 Å². The van der Waals surface area contributed by atoms with Crippen LogP contribution in [0.4, 0.5) is 0 Å². The van der Waals surface area contributed by atoms with Crippen LogP contribution in [0, 0.1) is 13.8 Å². The summed E-state index contributed by atoms with van der Waals surface area (Å²) in [6.07, 6.45) is -32.5. The summed E-state index contributed by atoms with van der Waals surface area (Å²) in [6, 6.07) is -5.04. The summed E-state index contributed by atoms with van der Waals surface area (Å²) >= 11 is 0. The third kappa shape index (κ3) is 23.0. The molecule has 7 heterocycles. The average Bonchev–Trinajstić information content (AvgIpc) is 0.819. The van der Waals surface area contributed by atoms with Gasteiger partial charge in [-0.05, 0) is 26.3 Å². The molecule has 0 aliphatic carbocycles. The monoisotopic (exact) mass is 1530 g/mol. The first-order valence-corrected chi connectivity index (χ1v) is 36.2. The van der Waals surface area contributed by atoms with E-state index in [0.29, 0.717) is 23.4 Å². The maximum absolute atomic E-state index is 13.8. The van der Waals surface area contributed by atoms with Gasteiger partial charge < -0.3 is 159 Å². The maximum Gasteiger partial charge on any atom is 0.364 e. The zero-order valence-corrected chi connectivity index (χ0v) is 60.0. The lowest BCUT2D eigenvalue weighted by Gasteiger charge is -2.52. The molecule has 0 radical (unpaired) electrons. The van der Waals surface area contributed by atoms with E-state index in [-0.39, 0.29) is 18.1 Å². The smallest absolute Gasteiger partial charge is 0.364 e. The minimum absolute atomic E-state index is 0.00739. The lowest BCUT2D eigenvalue weighted by Crippen LogP contribution is -2.72. The first kappa shape index (κ1) is 88.1. The highest BCUT2D eigenvalue weighted by Gasteiger charge is 2.62. The summed E-state index contributed by atoms with van der Waals surface area (Å²) in [7, 11) is 0. The number of nitrogens with one attached hydrogen (secondary N) is 3. The van der Waals surface area contributed by atoms with E-state index in [1.165, 1.54) is 69.9 Å². The van der Waals surface area contributed by atoms with Crippen LogP contribution in [0.5, 0.6) is 0 Å². The molecule has 39 heteroatoms. The third-order valence-electron chi connectivity index (χ3n) is 19.4. The van der Waals surface area contributed by atoms with Crippen molar-refractivity contribution in [3.8, 4) is 11.5 Å². The van der Waals surface area contributed by atoms with Gasteiger partial charge in [-0.15, -0.1) is 0 Å². The number of hydrogen-bond acceptors (Lipinski definition) is 35. The molecule has 2 aromatic rings. The maximum atomic E-state index is 13.8. The zero-order chi connectivity index (χ0) is 77.7. The molecule has 106 heavy (non-hydrogen) atoms. The fraction of sp³-hybridized carbons (Fsp3) is 0.836. The van der Waals surface area contributed by atoms with E-state index < -0.39 is 241 Å². The van der Waals surface area contributed by atoms with Crippen LogP contribution in [0.15, 0.2) is 15.1 Å². The molecular formula is C67H110N6O33. The number of unbranched alkanes of at least 4 members (excludes halogenated alkanes) is 14. The van der Waals surface area contributed by atoms with E-state index in [0.717, 1.165) is 46.0 Å². The minimum atomic E-state index is -3.41. The molecule has 0 saturated carbocycles. The molecule has 5 saturated heterocycles. The largest absolute Gasteiger partial charge is 0.477 e. The van der Waals surface area contributed by atoms with Gasteiger partial charge in [0, 0.05) is 26.7 Å². The summed E-state index contributed by atoms with van der Waals surface area (Å²) in [6.45, 7) is 1.12. The summed E-state index contributed by atoms with van der Waals surface area (Å²) < 4.78 is 70.5. The van der Waals surface area contributed by atoms with Crippen molar-refractivity contribution in [1.29, 1.82) is 0 Å². The van der Waals surface area contributed by atoms with Crippen molar-refractivity contribution >= 4 is 29.8 Å². The van der Waals surface area contributed by atoms with E-state index in [1.54, 1.807) is 13.8 Å². The molecule has 5 fully saturated rings. The number of carbonyl (C=O) groups is 4. The van der Waals surface area contributed by atoms with Crippen LogP contribution < -0.4 is 16.0 Å². The number of carbonyl (C=O) groups excluding carboxylic acids is 3. The second-order valence-electron chi connectivity index (χ2n) is 27.5. The average molecular weight is 1530 g/mol. The summed E-state index contributed by atoms with van der Waals surface area (Å²) in [4.78, 5) is 57.3. The number of nitrogens with zero attached hydrogens (tertiary/aromatic N) is 3. The number of aliphatic hydroxyl groups is 16. The Labute approximate surface area is 610 Å². The van der Waals surface area contributed by atoms with Crippen LogP contribution in [0.25, 0.3) is 17.5 Å². The number of aromatic nitrogens is 3. The number of rotatable bonds is 42. The number of aliphatic hydroxyl groups excluding tert-OH is 16. The topological polar surface area (TPSA) is 606 Å². The molecule has 28 atom stereocenters. The number of aliphatic carboxylic acids is 1. The van der Waals surface area contributed by atoms with Gasteiger partial charge >= 0.3 is 5.97 Å². The Morgan fingerprint density at radius 3 is 1.67 bits per heavy atom. The van der Waals surface area contributed by atoms with Crippen LogP contribution in [-0.4, -0.2) is 337 Å². The highest BCUT2D eigenvalue weighted by atomic mass is 16.8. The van der Waals surface area contributed by atoms with Crippen molar-refractivity contribution in [3.63, 3.8) is 0 Å². The Bertz CT molecular complexity index is 2990. The number of carboxylic acid groups (broad SMARTS) is 1. The van der Waals surface area contributed by atoms with Gasteiger partial charge in [-0.3, -0.25) is 14.4 Å². The number of aryl methyl sites for hydroxylation is 2. The van der Waals surface area contributed by atoms with Crippen LogP contribution in [0.3, 0.4) is 0 Å². The number of carboxylic acids is 1. The van der Waals surface area contributed by atoms with E-state index >= 15 is 0 Å². The molecule has 2 unspecified atom stereocenters. The van der Waals surface area contributed by atoms with Crippen LogP contribution >= 0.6 is 0 Å². The van der Waals surface area contributed by atoms with Gasteiger partial charge in [0.2, 0.25) is 17.7 Å². The van der Waals surface area contributed by atoms with Gasteiger partial charge in [0.05, 0.1) is 69.6 Å². The first-order chi connectivity index (χ1) is 50.6. The Hall–Kier alpha value is -5.07. The summed E-state index contributed by atoms with van der Waals surface area (Å²) in [5, 5.41) is 204. The molecule has 606 valence electrons. The SMILES string of the molecule is CCCCCCCCCCCCCCCCCC(=O)N[C@@H](CO[C@@H]1O[C@H](CO)[C@@H](O[C@@H]2O[C@H](CO)[C@H](O[C@@H]3O[C@H](CO)[C@H](O)[C@H](O[C@@H]4O[C@H](CO)[C@H](O)[C@H](O)[C@H]4O)[C@H]3NC(C)=O)[C@H](O[C@]3(C(=O)O)C[C@H](O)C(NC(C)=O)C([C@H](O)[C@H](O)CO)O3)[C@H]2O)[C@H](O)[C@H]1O)[C@H](O)/C=C/c1noc(-c2c(C)noc2C)n1. The molecule has 3 amide bonds. The van der Waals surface area contributed by atoms with Crippen molar-refractivity contribution in [1.82, 2.24) is 31.2 Å². The van der Waals surface area contributed by atoms with Crippen molar-refractivity contribution in [3.05, 3.63) is 23.4 Å². The minimum Gasteiger partial charge on any atom is -0.477 e. The van der Waals surface area contributed by atoms with Gasteiger partial charge in [-0.2, -0.15) is 4.98 Å². The molecule has 0 spiro atoms. The van der Waals surface area contributed by atoms with Crippen molar-refractivity contribution in [2.24, 2.45) is 0 Å². The van der Waals surface area contributed by atoms with Crippen LogP contribution in [-0.2, 0) is 66.5 Å². The Kier molecular flexibility index (Phi) is 35.2. The quantitative estimate of drug-likeness (QED) is 0.0277. The molecule has 2 aromatic heterocycles. The van der Waals surface area contributed by atoms with Crippen molar-refractivity contribution in [2.45, 2.75) is 315 Å². The van der Waals surface area contributed by atoms with Crippen LogP contribution in [0.1, 0.15) is 147 Å². The Morgan fingerprint density at radius 1 is 0.585 bits per heavy atom. The summed E-state index contributed by atoms with van der Waals surface area (Å²) in [5.74, 6) is -7.45. The first-order valence-electron chi connectivity index (χ1n) is 36.2. The van der Waals surface area contributed by atoms with Gasteiger partial charge in [-0.25, -0.2) is 4.79 Å². The highest BCUT2D eigenvalue weighted by Crippen LogP contribution is 2.41. The molecular weight excluding hydrogens is 1420 g/mol. The standard InChI is InChI=1S/C67H110N6O33/c1-6-7-8-9-10-11-12-13-14-15-16-17-18-19-20-21-44(84)70-35(36(81)22-23-43-71-61(106-73-43)45-31(2)72-105-32(45)3)30-95-63-54(91)52(89)56(41(28-77)98-63)100-65-55(92)60(104-67(66(93)94)24-37(82)46(68-33(4)79)59(103-67)48(85)38(83)25-74)57(42(29-78)99-65)101-62-47(69-34(5)80)58(50(87)40(27-76)96-62)102-64-53(90)51(88)49(86)39(26-75)97-64/h22-23,35-42,46-60,62-65,74-78,81-83,85-92H,6-21,24-30H2,1-5H3,(H,68,79)(H,69,80)(H,70,84)(H,93,94)/b23-22+/t35-,36+,37-,38+,39+,40+,41+,42+,46?,47+,48+,49-,50-,51-,52+,53+,54+,55+,56+,57-,58+,59?,60+,62-,63+,64-,65-,67-/m0/s1. The van der Waals surface area contributed by atoms with Gasteiger partial charge in [0.1, 0.15) is 127 Å². The van der Waals surface area contributed by atoms with Gasteiger partial charge in [0.25, 0.3) is 11.7 Å². The van der Waals surface area contributed by atoms with Gasteiger partial charge in [0.15, 0.2) is 31.0 Å². The normalized spacial score (nSPS) is 34.8. The molecule has 0 bridgehead atoms. The highest BCUT2D eigenvalue weighted by molar-refractivity contribution is 5.77. The van der Waals surface area contributed by atoms with E-state index in [9.17, 15) is 106 Å². The van der Waals surface area contributed by atoms with E-state index in [2.05, 4.69) is 38.2 Å². The predicted molar refractivity (Wildman–Crippen MR) is 356 cm³/mol. The third-order valence-corrected chi connectivity index (χ3v) is 19.4. The molecule has 7 rings (SSSR count). The predicted octanol–water partition coefficient (Wildman–Crippen LogP) is -4.93. The fourth-order valence-electron chi connectivity index (χ4n) is 13.5.